The van der Waals surface area contributed by atoms with Crippen LogP contribution >= 0.6 is 11.6 Å². The zero-order valence-corrected chi connectivity index (χ0v) is 15.2. The normalized spacial score (nSPS) is 10.8. The van der Waals surface area contributed by atoms with Gasteiger partial charge in [0.2, 0.25) is 0 Å². The molecule has 0 atom stereocenters. The van der Waals surface area contributed by atoms with Gasteiger partial charge in [-0.3, -0.25) is 9.59 Å². The molecule has 0 aliphatic heterocycles. The number of hydrogen-bond donors (Lipinski definition) is 1. The van der Waals surface area contributed by atoms with Gasteiger partial charge >= 0.3 is 0 Å². The maximum absolute atomic E-state index is 12.7. The fraction of sp³-hybridized carbons (Fsp3) is 0.263. The molecule has 0 aliphatic rings. The topological polar surface area (TPSA) is 76.9 Å². The highest BCUT2D eigenvalue weighted by Gasteiger charge is 2.17. The standard InChI is InChI=1S/C19H19ClN4O2/c1-2-3-6-11-24-19(26)15-8-5-4-7-14(15)17(23-24)18(25)22-16-10-9-13(20)12-21-16/h4-5,7-10,12H,2-3,6,11H2,1H3,(H,21,22,25). The van der Waals surface area contributed by atoms with Gasteiger partial charge in [-0.25, -0.2) is 9.67 Å². The molecule has 2 aromatic heterocycles. The highest BCUT2D eigenvalue weighted by atomic mass is 35.5. The minimum atomic E-state index is -0.416. The van der Waals surface area contributed by atoms with Crippen molar-refractivity contribution >= 4 is 34.1 Å². The Hall–Kier alpha value is -2.73. The van der Waals surface area contributed by atoms with Gasteiger partial charge in [0.15, 0.2) is 5.69 Å². The summed E-state index contributed by atoms with van der Waals surface area (Å²) in [7, 11) is 0. The van der Waals surface area contributed by atoms with Crippen LogP contribution in [0.2, 0.25) is 5.02 Å². The lowest BCUT2D eigenvalue weighted by atomic mass is 10.1. The second-order valence-electron chi connectivity index (χ2n) is 5.95. The van der Waals surface area contributed by atoms with Crippen LogP contribution in [-0.2, 0) is 6.54 Å². The van der Waals surface area contributed by atoms with Crippen molar-refractivity contribution in [2.75, 3.05) is 5.32 Å². The molecule has 0 aliphatic carbocycles. The molecule has 0 saturated heterocycles. The molecular weight excluding hydrogens is 352 g/mol. The number of rotatable bonds is 6. The summed E-state index contributed by atoms with van der Waals surface area (Å²) >= 11 is 5.82. The van der Waals surface area contributed by atoms with Crippen LogP contribution in [0, 0.1) is 0 Å². The molecule has 0 spiro atoms. The quantitative estimate of drug-likeness (QED) is 0.668. The number of benzene rings is 1. The summed E-state index contributed by atoms with van der Waals surface area (Å²) in [4.78, 5) is 29.4. The number of aryl methyl sites for hydroxylation is 1. The number of halogens is 1. The van der Waals surface area contributed by atoms with E-state index in [1.807, 2.05) is 0 Å². The van der Waals surface area contributed by atoms with Crippen molar-refractivity contribution in [3.8, 4) is 0 Å². The second-order valence-corrected chi connectivity index (χ2v) is 6.38. The van der Waals surface area contributed by atoms with E-state index in [0.717, 1.165) is 19.3 Å². The van der Waals surface area contributed by atoms with Crippen LogP contribution in [0.4, 0.5) is 5.82 Å². The summed E-state index contributed by atoms with van der Waals surface area (Å²) in [5, 5.41) is 8.52. The minimum absolute atomic E-state index is 0.183. The number of nitrogens with one attached hydrogen (secondary N) is 1. The fourth-order valence-electron chi connectivity index (χ4n) is 2.69. The number of pyridine rings is 1. The van der Waals surface area contributed by atoms with Crippen molar-refractivity contribution < 1.29 is 4.79 Å². The summed E-state index contributed by atoms with van der Waals surface area (Å²) in [5.74, 6) is -0.0470. The van der Waals surface area contributed by atoms with Crippen LogP contribution in [0.25, 0.3) is 10.8 Å². The van der Waals surface area contributed by atoms with Gasteiger partial charge in [-0.1, -0.05) is 49.6 Å². The molecule has 0 radical (unpaired) electrons. The first-order valence-corrected chi connectivity index (χ1v) is 8.90. The summed E-state index contributed by atoms with van der Waals surface area (Å²) in [6, 6.07) is 10.3. The fourth-order valence-corrected chi connectivity index (χ4v) is 2.80. The van der Waals surface area contributed by atoms with Gasteiger partial charge in [0.25, 0.3) is 11.5 Å². The number of unbranched alkanes of at least 4 members (excludes halogenated alkanes) is 2. The first-order valence-electron chi connectivity index (χ1n) is 8.53. The Morgan fingerprint density at radius 3 is 2.62 bits per heavy atom. The van der Waals surface area contributed by atoms with E-state index in [1.54, 1.807) is 36.4 Å². The number of nitrogens with zero attached hydrogens (tertiary/aromatic N) is 3. The number of anilines is 1. The molecule has 3 rings (SSSR count). The first-order chi connectivity index (χ1) is 12.6. The smallest absolute Gasteiger partial charge is 0.277 e. The van der Waals surface area contributed by atoms with E-state index in [1.165, 1.54) is 10.9 Å². The third-order valence-electron chi connectivity index (χ3n) is 4.03. The Morgan fingerprint density at radius 2 is 1.92 bits per heavy atom. The average Bonchev–Trinajstić information content (AvgIpc) is 2.65. The van der Waals surface area contributed by atoms with Crippen molar-refractivity contribution in [3.63, 3.8) is 0 Å². The van der Waals surface area contributed by atoms with Crippen LogP contribution in [0.15, 0.2) is 47.4 Å². The monoisotopic (exact) mass is 370 g/mol. The maximum atomic E-state index is 12.7. The lowest BCUT2D eigenvalue weighted by Gasteiger charge is -2.11. The Morgan fingerprint density at radius 1 is 1.15 bits per heavy atom. The van der Waals surface area contributed by atoms with E-state index in [-0.39, 0.29) is 11.3 Å². The van der Waals surface area contributed by atoms with E-state index < -0.39 is 5.91 Å². The van der Waals surface area contributed by atoms with Crippen molar-refractivity contribution in [3.05, 3.63) is 63.7 Å². The maximum Gasteiger partial charge on any atom is 0.277 e. The van der Waals surface area contributed by atoms with Crippen molar-refractivity contribution in [2.45, 2.75) is 32.7 Å². The number of fused-ring (bicyclic) bond motifs is 1. The number of amides is 1. The van der Waals surface area contributed by atoms with Crippen molar-refractivity contribution in [2.24, 2.45) is 0 Å². The van der Waals surface area contributed by atoms with Crippen LogP contribution in [0.5, 0.6) is 0 Å². The number of carbonyl (C=O) groups is 1. The van der Waals surface area contributed by atoms with Crippen molar-refractivity contribution in [1.29, 1.82) is 0 Å². The average molecular weight is 371 g/mol. The van der Waals surface area contributed by atoms with Gasteiger partial charge < -0.3 is 5.32 Å². The van der Waals surface area contributed by atoms with Gasteiger partial charge in [-0.15, -0.1) is 0 Å². The zero-order chi connectivity index (χ0) is 18.5. The van der Waals surface area contributed by atoms with Gasteiger partial charge in [0.1, 0.15) is 5.82 Å². The van der Waals surface area contributed by atoms with Crippen LogP contribution < -0.4 is 10.9 Å². The molecule has 26 heavy (non-hydrogen) atoms. The third-order valence-corrected chi connectivity index (χ3v) is 4.25. The minimum Gasteiger partial charge on any atom is -0.305 e. The second kappa shape index (κ2) is 8.10. The van der Waals surface area contributed by atoms with Gasteiger partial charge in [-0.05, 0) is 24.6 Å². The molecule has 2 heterocycles. The third kappa shape index (κ3) is 3.91. The molecular formula is C19H19ClN4O2. The predicted molar refractivity (Wildman–Crippen MR) is 103 cm³/mol. The van der Waals surface area contributed by atoms with E-state index >= 15 is 0 Å². The van der Waals surface area contributed by atoms with Gasteiger partial charge in [0.05, 0.1) is 10.4 Å². The summed E-state index contributed by atoms with van der Waals surface area (Å²) < 4.78 is 1.38. The Balaban J connectivity index is 2.00. The number of carbonyl (C=O) groups excluding carboxylic acids is 1. The van der Waals surface area contributed by atoms with Crippen LogP contribution in [-0.4, -0.2) is 20.7 Å². The Bertz CT molecular complexity index is 983. The van der Waals surface area contributed by atoms with E-state index in [2.05, 4.69) is 22.3 Å². The summed E-state index contributed by atoms with van der Waals surface area (Å²) in [6.45, 7) is 2.57. The largest absolute Gasteiger partial charge is 0.305 e. The molecule has 3 aromatic rings. The van der Waals surface area contributed by atoms with Crippen LogP contribution in [0.3, 0.4) is 0 Å². The molecule has 0 bridgehead atoms. The highest BCUT2D eigenvalue weighted by Crippen LogP contribution is 2.16. The molecule has 134 valence electrons. The molecule has 1 aromatic carbocycles. The predicted octanol–water partition coefficient (Wildman–Crippen LogP) is 3.89. The van der Waals surface area contributed by atoms with E-state index in [9.17, 15) is 9.59 Å². The van der Waals surface area contributed by atoms with E-state index in [4.69, 9.17) is 11.6 Å². The number of hydrogen-bond acceptors (Lipinski definition) is 4. The molecule has 0 fully saturated rings. The molecule has 1 amide bonds. The van der Waals surface area contributed by atoms with Gasteiger partial charge in [-0.2, -0.15) is 5.10 Å². The van der Waals surface area contributed by atoms with Crippen LogP contribution in [0.1, 0.15) is 36.7 Å². The summed E-state index contributed by atoms with van der Waals surface area (Å²) in [6.07, 6.45) is 4.32. The highest BCUT2D eigenvalue weighted by molar-refractivity contribution is 6.30. The Labute approximate surface area is 155 Å². The van der Waals surface area contributed by atoms with Gasteiger partial charge in [0, 0.05) is 18.1 Å². The van der Waals surface area contributed by atoms with Crippen molar-refractivity contribution in [1.82, 2.24) is 14.8 Å². The molecule has 0 saturated carbocycles. The molecule has 1 N–H and O–H groups in total. The zero-order valence-electron chi connectivity index (χ0n) is 14.4. The number of aromatic nitrogens is 3. The lowest BCUT2D eigenvalue weighted by molar-refractivity contribution is 0.102. The SMILES string of the molecule is CCCCCn1nc(C(=O)Nc2ccc(Cl)cn2)c2ccccc2c1=O. The summed E-state index contributed by atoms with van der Waals surface area (Å²) in [5.41, 5.74) is 0.0197. The molecule has 6 nitrogen and oxygen atoms in total. The molecule has 0 unspecified atom stereocenters. The lowest BCUT2D eigenvalue weighted by Crippen LogP contribution is -2.28. The Kier molecular flexibility index (Phi) is 5.63. The van der Waals surface area contributed by atoms with E-state index in [0.29, 0.717) is 28.2 Å². The first kappa shape index (κ1) is 18.1. The molecule has 7 heteroatoms.